The fraction of sp³-hybridized carbons (Fsp3) is 0.333. The summed E-state index contributed by atoms with van der Waals surface area (Å²) in [7, 11) is 1.85. The van der Waals surface area contributed by atoms with Crippen molar-refractivity contribution in [1.82, 2.24) is 15.1 Å². The van der Waals surface area contributed by atoms with Crippen LogP contribution in [0, 0.1) is 13.8 Å². The first-order valence-electron chi connectivity index (χ1n) is 6.59. The van der Waals surface area contributed by atoms with Crippen LogP contribution in [0.25, 0.3) is 0 Å². The molecule has 0 saturated carbocycles. The number of carbonyl (C=O) groups excluding carboxylic acids is 1. The fourth-order valence-corrected chi connectivity index (χ4v) is 1.97. The molecule has 5 heteroatoms. The molecule has 0 saturated heterocycles. The van der Waals surface area contributed by atoms with Crippen molar-refractivity contribution in [3.8, 4) is 0 Å². The van der Waals surface area contributed by atoms with Crippen LogP contribution in [0.4, 0.5) is 10.5 Å². The highest BCUT2D eigenvalue weighted by Crippen LogP contribution is 2.17. The third kappa shape index (κ3) is 3.38. The van der Waals surface area contributed by atoms with Gasteiger partial charge in [0.05, 0.1) is 12.2 Å². The highest BCUT2D eigenvalue weighted by Gasteiger charge is 2.11. The molecular formula is C15H20N4O. The van der Waals surface area contributed by atoms with Gasteiger partial charge in [0.15, 0.2) is 0 Å². The maximum Gasteiger partial charge on any atom is 0.319 e. The Kier molecular flexibility index (Phi) is 4.08. The second-order valence-corrected chi connectivity index (χ2v) is 5.09. The number of benzene rings is 1. The quantitative estimate of drug-likeness (QED) is 0.902. The summed E-state index contributed by atoms with van der Waals surface area (Å²) in [6.07, 6.45) is 3.64. The highest BCUT2D eigenvalue weighted by atomic mass is 16.2. The maximum absolute atomic E-state index is 12.0. The summed E-state index contributed by atoms with van der Waals surface area (Å²) in [5.74, 6) is 0. The summed E-state index contributed by atoms with van der Waals surface area (Å²) in [5, 5.41) is 9.88. The van der Waals surface area contributed by atoms with E-state index < -0.39 is 0 Å². The SMILES string of the molecule is Cc1ccc(C)c(NC(=O)NC(C)c2cnn(C)c2)c1. The Morgan fingerprint density at radius 1 is 1.35 bits per heavy atom. The minimum absolute atomic E-state index is 0.0891. The van der Waals surface area contributed by atoms with E-state index >= 15 is 0 Å². The number of anilines is 1. The standard InChI is InChI=1S/C15H20N4O/c1-10-5-6-11(2)14(7-10)18-15(20)17-12(3)13-8-16-19(4)9-13/h5-9,12H,1-4H3,(H2,17,18,20). The Labute approximate surface area is 119 Å². The minimum Gasteiger partial charge on any atom is -0.331 e. The van der Waals surface area contributed by atoms with E-state index in [2.05, 4.69) is 15.7 Å². The first-order chi connectivity index (χ1) is 9.45. The Bertz CT molecular complexity index is 618. The van der Waals surface area contributed by atoms with Crippen LogP contribution < -0.4 is 10.6 Å². The molecule has 1 aromatic heterocycles. The van der Waals surface area contributed by atoms with Crippen molar-refractivity contribution in [1.29, 1.82) is 0 Å². The molecule has 1 atom stereocenters. The summed E-state index contributed by atoms with van der Waals surface area (Å²) >= 11 is 0. The molecule has 2 N–H and O–H groups in total. The second kappa shape index (κ2) is 5.77. The number of carbonyl (C=O) groups is 1. The average Bonchev–Trinajstić information content (AvgIpc) is 2.80. The second-order valence-electron chi connectivity index (χ2n) is 5.09. The van der Waals surface area contributed by atoms with Crippen LogP contribution in [0.15, 0.2) is 30.6 Å². The van der Waals surface area contributed by atoms with E-state index in [1.54, 1.807) is 10.9 Å². The summed E-state index contributed by atoms with van der Waals surface area (Å²) in [4.78, 5) is 12.0. The third-order valence-electron chi connectivity index (χ3n) is 3.21. The van der Waals surface area contributed by atoms with Crippen LogP contribution in [0.3, 0.4) is 0 Å². The molecule has 0 aliphatic heterocycles. The van der Waals surface area contributed by atoms with E-state index in [1.807, 2.05) is 52.2 Å². The van der Waals surface area contributed by atoms with Crippen molar-refractivity contribution in [2.75, 3.05) is 5.32 Å². The van der Waals surface area contributed by atoms with E-state index in [4.69, 9.17) is 0 Å². The summed E-state index contributed by atoms with van der Waals surface area (Å²) in [5.41, 5.74) is 3.97. The monoisotopic (exact) mass is 272 g/mol. The molecule has 0 spiro atoms. The number of amides is 2. The molecule has 1 unspecified atom stereocenters. The summed E-state index contributed by atoms with van der Waals surface area (Å²) < 4.78 is 1.72. The van der Waals surface area contributed by atoms with E-state index in [0.717, 1.165) is 22.4 Å². The Morgan fingerprint density at radius 2 is 2.10 bits per heavy atom. The molecule has 0 aliphatic carbocycles. The van der Waals surface area contributed by atoms with Gasteiger partial charge in [-0.15, -0.1) is 0 Å². The molecule has 1 aromatic carbocycles. The van der Waals surface area contributed by atoms with Gasteiger partial charge in [-0.1, -0.05) is 12.1 Å². The van der Waals surface area contributed by atoms with Crippen LogP contribution in [0.2, 0.25) is 0 Å². The smallest absolute Gasteiger partial charge is 0.319 e. The molecule has 106 valence electrons. The van der Waals surface area contributed by atoms with Crippen molar-refractivity contribution in [3.63, 3.8) is 0 Å². The number of hydrogen-bond donors (Lipinski definition) is 2. The van der Waals surface area contributed by atoms with Gasteiger partial charge in [0, 0.05) is 24.5 Å². The lowest BCUT2D eigenvalue weighted by atomic mass is 10.1. The largest absolute Gasteiger partial charge is 0.331 e. The third-order valence-corrected chi connectivity index (χ3v) is 3.21. The van der Waals surface area contributed by atoms with Gasteiger partial charge in [0.1, 0.15) is 0 Å². The first kappa shape index (κ1) is 14.1. The van der Waals surface area contributed by atoms with Crippen molar-refractivity contribution in [2.45, 2.75) is 26.8 Å². The molecule has 1 heterocycles. The number of rotatable bonds is 3. The van der Waals surface area contributed by atoms with Crippen LogP contribution >= 0.6 is 0 Å². The van der Waals surface area contributed by atoms with E-state index in [-0.39, 0.29) is 12.1 Å². The zero-order chi connectivity index (χ0) is 14.7. The minimum atomic E-state index is -0.213. The zero-order valence-electron chi connectivity index (χ0n) is 12.3. The molecule has 0 radical (unpaired) electrons. The van der Waals surface area contributed by atoms with Gasteiger partial charge in [-0.05, 0) is 38.0 Å². The lowest BCUT2D eigenvalue weighted by molar-refractivity contribution is 0.249. The number of hydrogen-bond acceptors (Lipinski definition) is 2. The lowest BCUT2D eigenvalue weighted by Crippen LogP contribution is -2.31. The van der Waals surface area contributed by atoms with Gasteiger partial charge in [-0.25, -0.2) is 4.79 Å². The molecule has 2 rings (SSSR count). The van der Waals surface area contributed by atoms with Gasteiger partial charge < -0.3 is 10.6 Å². The van der Waals surface area contributed by atoms with Crippen LogP contribution in [0.1, 0.15) is 29.7 Å². The van der Waals surface area contributed by atoms with Crippen LogP contribution in [-0.2, 0) is 7.05 Å². The number of aryl methyl sites for hydroxylation is 3. The molecule has 0 fully saturated rings. The van der Waals surface area contributed by atoms with E-state index in [0.29, 0.717) is 0 Å². The van der Waals surface area contributed by atoms with Gasteiger partial charge in [0.25, 0.3) is 0 Å². The molecule has 2 aromatic rings. The molecule has 0 aliphatic rings. The van der Waals surface area contributed by atoms with Gasteiger partial charge in [-0.2, -0.15) is 5.10 Å². The van der Waals surface area contributed by atoms with Crippen molar-refractivity contribution >= 4 is 11.7 Å². The molecular weight excluding hydrogens is 252 g/mol. The van der Waals surface area contributed by atoms with Gasteiger partial charge in [-0.3, -0.25) is 4.68 Å². The van der Waals surface area contributed by atoms with Gasteiger partial charge >= 0.3 is 6.03 Å². The van der Waals surface area contributed by atoms with Crippen molar-refractivity contribution in [3.05, 3.63) is 47.3 Å². The first-order valence-corrected chi connectivity index (χ1v) is 6.59. The summed E-state index contributed by atoms with van der Waals surface area (Å²) in [6.45, 7) is 5.90. The average molecular weight is 272 g/mol. The van der Waals surface area contributed by atoms with Crippen LogP contribution in [-0.4, -0.2) is 15.8 Å². The molecule has 2 amide bonds. The normalized spacial score (nSPS) is 12.0. The predicted molar refractivity (Wildman–Crippen MR) is 79.7 cm³/mol. The predicted octanol–water partition coefficient (Wildman–Crippen LogP) is 2.92. The number of urea groups is 1. The summed E-state index contributed by atoms with van der Waals surface area (Å²) in [6, 6.07) is 5.68. The van der Waals surface area contributed by atoms with Crippen LogP contribution in [0.5, 0.6) is 0 Å². The number of nitrogens with zero attached hydrogens (tertiary/aromatic N) is 2. The molecule has 20 heavy (non-hydrogen) atoms. The molecule has 0 bridgehead atoms. The molecule has 5 nitrogen and oxygen atoms in total. The Hall–Kier alpha value is -2.30. The van der Waals surface area contributed by atoms with Crippen molar-refractivity contribution < 1.29 is 4.79 Å². The zero-order valence-corrected chi connectivity index (χ0v) is 12.3. The van der Waals surface area contributed by atoms with E-state index in [9.17, 15) is 4.79 Å². The topological polar surface area (TPSA) is 59.0 Å². The maximum atomic E-state index is 12.0. The van der Waals surface area contributed by atoms with Gasteiger partial charge in [0.2, 0.25) is 0 Å². The van der Waals surface area contributed by atoms with Crippen molar-refractivity contribution in [2.24, 2.45) is 7.05 Å². The highest BCUT2D eigenvalue weighted by molar-refractivity contribution is 5.90. The lowest BCUT2D eigenvalue weighted by Gasteiger charge is -2.14. The fourth-order valence-electron chi connectivity index (χ4n) is 1.97. The Balaban J connectivity index is 2.00. The van der Waals surface area contributed by atoms with E-state index in [1.165, 1.54) is 0 Å². The number of aromatic nitrogens is 2. The number of nitrogens with one attached hydrogen (secondary N) is 2. The Morgan fingerprint density at radius 3 is 2.75 bits per heavy atom.